The molecule has 0 aromatic carbocycles. The zero-order chi connectivity index (χ0) is 13.7. The monoisotopic (exact) mass is 262 g/mol. The molecule has 0 radical (unpaired) electrons. The van der Waals surface area contributed by atoms with Crippen LogP contribution >= 0.6 is 0 Å². The largest absolute Gasteiger partial charge is 0.433 e. The lowest BCUT2D eigenvalue weighted by molar-refractivity contribution is -0.402. The highest BCUT2D eigenvalue weighted by molar-refractivity contribution is 5.91. The average Bonchev–Trinajstić information content (AvgIpc) is 2.89. The smallest absolute Gasteiger partial charge is 0.395 e. The summed E-state index contributed by atoms with van der Waals surface area (Å²) in [4.78, 5) is 29.0. The van der Waals surface area contributed by atoms with Crippen LogP contribution in [-0.2, 0) is 6.42 Å². The maximum atomic E-state index is 11.6. The summed E-state index contributed by atoms with van der Waals surface area (Å²) in [5.74, 6) is -1.04. The number of amides is 1. The fraction of sp³-hybridized carbons (Fsp3) is 0.182. The van der Waals surface area contributed by atoms with Crippen molar-refractivity contribution in [3.63, 3.8) is 0 Å². The summed E-state index contributed by atoms with van der Waals surface area (Å²) < 4.78 is 4.77. The van der Waals surface area contributed by atoms with Gasteiger partial charge in [0.15, 0.2) is 5.76 Å². The quantitative estimate of drug-likeness (QED) is 0.634. The summed E-state index contributed by atoms with van der Waals surface area (Å²) in [6.45, 7) is 0.362. The second-order valence-corrected chi connectivity index (χ2v) is 3.65. The van der Waals surface area contributed by atoms with Gasteiger partial charge in [0.25, 0.3) is 5.91 Å². The second kappa shape index (κ2) is 5.71. The Bertz CT molecular complexity index is 581. The van der Waals surface area contributed by atoms with E-state index in [0.29, 0.717) is 13.0 Å². The molecule has 0 aliphatic heterocycles. The molecule has 8 heteroatoms. The molecule has 8 nitrogen and oxygen atoms in total. The molecule has 0 saturated heterocycles. The van der Waals surface area contributed by atoms with Crippen LogP contribution in [0.25, 0.3) is 0 Å². The van der Waals surface area contributed by atoms with E-state index in [1.54, 1.807) is 12.4 Å². The number of hydrogen-bond donors (Lipinski definition) is 1. The summed E-state index contributed by atoms with van der Waals surface area (Å²) in [5.41, 5.74) is 0.883. The molecule has 2 aromatic rings. The molecular weight excluding hydrogens is 252 g/mol. The van der Waals surface area contributed by atoms with Gasteiger partial charge in [0.05, 0.1) is 6.07 Å². The Labute approximate surface area is 107 Å². The minimum absolute atomic E-state index is 0.0870. The Kier molecular flexibility index (Phi) is 3.81. The third-order valence-corrected chi connectivity index (χ3v) is 2.31. The normalized spacial score (nSPS) is 10.1. The molecule has 2 aromatic heterocycles. The SMILES string of the molecule is O=C(NCCc1cncnc1)c1ccc([N+](=O)[O-])o1. The van der Waals surface area contributed by atoms with E-state index in [4.69, 9.17) is 4.42 Å². The summed E-state index contributed by atoms with van der Waals surface area (Å²) in [5, 5.41) is 13.0. The van der Waals surface area contributed by atoms with Crippen LogP contribution in [0.1, 0.15) is 16.1 Å². The van der Waals surface area contributed by atoms with E-state index >= 15 is 0 Å². The molecule has 1 N–H and O–H groups in total. The average molecular weight is 262 g/mol. The van der Waals surface area contributed by atoms with Crippen molar-refractivity contribution in [2.45, 2.75) is 6.42 Å². The van der Waals surface area contributed by atoms with E-state index in [1.807, 2.05) is 0 Å². The lowest BCUT2D eigenvalue weighted by Gasteiger charge is -2.02. The molecule has 98 valence electrons. The standard InChI is InChI=1S/C11H10N4O4/c16-11(9-1-2-10(19-9)15(17)18)14-4-3-8-5-12-7-13-6-8/h1-2,5-7H,3-4H2,(H,14,16). The Morgan fingerprint density at radius 2 is 2.11 bits per heavy atom. The zero-order valence-corrected chi connectivity index (χ0v) is 9.78. The number of carbonyl (C=O) groups excluding carboxylic acids is 1. The van der Waals surface area contributed by atoms with Crippen molar-refractivity contribution in [3.8, 4) is 0 Å². The topological polar surface area (TPSA) is 111 Å². The van der Waals surface area contributed by atoms with Crippen LogP contribution in [0.3, 0.4) is 0 Å². The Balaban J connectivity index is 1.85. The van der Waals surface area contributed by atoms with E-state index < -0.39 is 16.7 Å². The molecule has 2 rings (SSSR count). The number of furan rings is 1. The molecule has 1 amide bonds. The molecule has 2 heterocycles. The molecule has 0 fully saturated rings. The lowest BCUT2D eigenvalue weighted by Crippen LogP contribution is -2.25. The van der Waals surface area contributed by atoms with Crippen molar-refractivity contribution in [3.05, 3.63) is 52.3 Å². The third kappa shape index (κ3) is 3.35. The van der Waals surface area contributed by atoms with Gasteiger partial charge >= 0.3 is 5.88 Å². The predicted molar refractivity (Wildman–Crippen MR) is 63.4 cm³/mol. The number of hydrogen-bond acceptors (Lipinski definition) is 6. The Morgan fingerprint density at radius 1 is 1.37 bits per heavy atom. The van der Waals surface area contributed by atoms with Crippen molar-refractivity contribution in [2.24, 2.45) is 0 Å². The summed E-state index contributed by atoms with van der Waals surface area (Å²) in [6.07, 6.45) is 5.28. The fourth-order valence-electron chi connectivity index (χ4n) is 1.41. The number of nitrogens with one attached hydrogen (secondary N) is 1. The first kappa shape index (κ1) is 12.7. The molecule has 19 heavy (non-hydrogen) atoms. The number of nitrogens with zero attached hydrogens (tertiary/aromatic N) is 3. The van der Waals surface area contributed by atoms with Gasteiger partial charge in [-0.15, -0.1) is 0 Å². The molecule has 0 aliphatic carbocycles. The Morgan fingerprint density at radius 3 is 2.74 bits per heavy atom. The number of nitro groups is 1. The van der Waals surface area contributed by atoms with Crippen molar-refractivity contribution >= 4 is 11.8 Å². The van der Waals surface area contributed by atoms with Crippen LogP contribution < -0.4 is 5.32 Å². The van der Waals surface area contributed by atoms with Crippen LogP contribution in [0.5, 0.6) is 0 Å². The van der Waals surface area contributed by atoms with Gasteiger partial charge in [-0.1, -0.05) is 0 Å². The van der Waals surface area contributed by atoms with Gasteiger partial charge in [-0.2, -0.15) is 0 Å². The van der Waals surface area contributed by atoms with Gasteiger partial charge in [0, 0.05) is 18.9 Å². The van der Waals surface area contributed by atoms with Crippen molar-refractivity contribution in [1.82, 2.24) is 15.3 Å². The second-order valence-electron chi connectivity index (χ2n) is 3.65. The van der Waals surface area contributed by atoms with E-state index in [0.717, 1.165) is 11.6 Å². The molecule has 0 spiro atoms. The van der Waals surface area contributed by atoms with E-state index in [-0.39, 0.29) is 5.76 Å². The van der Waals surface area contributed by atoms with Crippen molar-refractivity contribution in [2.75, 3.05) is 6.54 Å². The Hall–Kier alpha value is -2.77. The van der Waals surface area contributed by atoms with E-state index in [1.165, 1.54) is 12.4 Å². The zero-order valence-electron chi connectivity index (χ0n) is 9.78. The number of rotatable bonds is 5. The molecule has 0 unspecified atom stereocenters. The third-order valence-electron chi connectivity index (χ3n) is 2.31. The first-order chi connectivity index (χ1) is 9.16. The van der Waals surface area contributed by atoms with Gasteiger partial charge in [-0.25, -0.2) is 9.97 Å². The lowest BCUT2D eigenvalue weighted by atomic mass is 10.2. The van der Waals surface area contributed by atoms with Gasteiger partial charge in [0.1, 0.15) is 11.3 Å². The highest BCUT2D eigenvalue weighted by atomic mass is 16.6. The summed E-state index contributed by atoms with van der Waals surface area (Å²) >= 11 is 0. The molecule has 0 atom stereocenters. The molecule has 0 bridgehead atoms. The molecular formula is C11H10N4O4. The van der Waals surface area contributed by atoms with Crippen LogP contribution in [0.2, 0.25) is 0 Å². The summed E-state index contributed by atoms with van der Waals surface area (Å²) in [6, 6.07) is 2.40. The van der Waals surface area contributed by atoms with Gasteiger partial charge < -0.3 is 9.73 Å². The van der Waals surface area contributed by atoms with Gasteiger partial charge in [-0.05, 0) is 18.1 Å². The first-order valence-electron chi connectivity index (χ1n) is 5.43. The van der Waals surface area contributed by atoms with Gasteiger partial charge in [-0.3, -0.25) is 14.9 Å². The van der Waals surface area contributed by atoms with Crippen LogP contribution in [-0.4, -0.2) is 27.3 Å². The van der Waals surface area contributed by atoms with Crippen molar-refractivity contribution < 1.29 is 14.1 Å². The van der Waals surface area contributed by atoms with Gasteiger partial charge in [0.2, 0.25) is 0 Å². The summed E-state index contributed by atoms with van der Waals surface area (Å²) in [7, 11) is 0. The van der Waals surface area contributed by atoms with E-state index in [9.17, 15) is 14.9 Å². The number of aromatic nitrogens is 2. The van der Waals surface area contributed by atoms with Crippen LogP contribution in [0.15, 0.2) is 35.3 Å². The maximum Gasteiger partial charge on any atom is 0.433 e. The first-order valence-corrected chi connectivity index (χ1v) is 5.43. The van der Waals surface area contributed by atoms with Crippen molar-refractivity contribution in [1.29, 1.82) is 0 Å². The van der Waals surface area contributed by atoms with E-state index in [2.05, 4.69) is 15.3 Å². The highest BCUT2D eigenvalue weighted by Gasteiger charge is 2.16. The fourth-order valence-corrected chi connectivity index (χ4v) is 1.41. The minimum atomic E-state index is -0.696. The maximum absolute atomic E-state index is 11.6. The minimum Gasteiger partial charge on any atom is -0.395 e. The molecule has 0 aliphatic rings. The highest BCUT2D eigenvalue weighted by Crippen LogP contribution is 2.15. The predicted octanol–water partition coefficient (Wildman–Crippen LogP) is 0.950. The number of carbonyl (C=O) groups is 1. The van der Waals surface area contributed by atoms with Crippen LogP contribution in [0, 0.1) is 10.1 Å². The van der Waals surface area contributed by atoms with Crippen LogP contribution in [0.4, 0.5) is 5.88 Å². The molecule has 0 saturated carbocycles.